The van der Waals surface area contributed by atoms with Gasteiger partial charge in [-0.15, -0.1) is 0 Å². The average Bonchev–Trinajstić information content (AvgIpc) is 2.97. The molecule has 0 saturated heterocycles. The van der Waals surface area contributed by atoms with Crippen molar-refractivity contribution in [3.63, 3.8) is 0 Å². The highest BCUT2D eigenvalue weighted by atomic mass is 16.7. The van der Waals surface area contributed by atoms with Gasteiger partial charge in [-0.25, -0.2) is 9.83 Å². The summed E-state index contributed by atoms with van der Waals surface area (Å²) in [6.07, 6.45) is 2.80. The van der Waals surface area contributed by atoms with Crippen molar-refractivity contribution in [3.05, 3.63) is 29.8 Å². The van der Waals surface area contributed by atoms with Gasteiger partial charge in [-0.1, -0.05) is 19.1 Å². The van der Waals surface area contributed by atoms with Crippen LogP contribution in [0.1, 0.15) is 38.0 Å². The summed E-state index contributed by atoms with van der Waals surface area (Å²) in [7, 11) is 1.96. The lowest BCUT2D eigenvalue weighted by molar-refractivity contribution is 0.0370. The number of unbranched alkanes of at least 4 members (excludes halogenated alkanes) is 1. The maximum atomic E-state index is 5.69. The van der Waals surface area contributed by atoms with Crippen LogP contribution < -0.4 is 15.5 Å². The Morgan fingerprint density at radius 1 is 1.30 bits per heavy atom. The molecular formula is C15H23N3O2. The van der Waals surface area contributed by atoms with Gasteiger partial charge in [0.1, 0.15) is 11.6 Å². The van der Waals surface area contributed by atoms with E-state index in [-0.39, 0.29) is 6.23 Å². The topological polar surface area (TPSA) is 54.9 Å². The van der Waals surface area contributed by atoms with Crippen LogP contribution in [-0.2, 0) is 4.84 Å². The molecule has 1 heterocycles. The molecule has 1 aromatic carbocycles. The van der Waals surface area contributed by atoms with E-state index in [0.717, 1.165) is 49.6 Å². The van der Waals surface area contributed by atoms with Gasteiger partial charge in [-0.05, 0) is 38.6 Å². The Balaban J connectivity index is 1.80. The lowest BCUT2D eigenvalue weighted by Crippen LogP contribution is -2.15. The van der Waals surface area contributed by atoms with Crippen molar-refractivity contribution in [2.45, 2.75) is 32.4 Å². The van der Waals surface area contributed by atoms with Crippen molar-refractivity contribution in [3.8, 4) is 5.75 Å². The average molecular weight is 277 g/mol. The standard InChI is InChI=1S/C15H23N3O2/c1-3-14-17-15(20-18-14)12-6-8-13(9-7-12)19-11-5-4-10-16-2/h6-9,15-16H,3-5,10-11H2,1-2H3,(H,17,18). The Hall–Kier alpha value is -1.59. The molecule has 0 fully saturated rings. The molecule has 2 rings (SSSR count). The number of ether oxygens (including phenoxy) is 1. The molecule has 0 aliphatic carbocycles. The first-order chi connectivity index (χ1) is 9.83. The van der Waals surface area contributed by atoms with Crippen LogP contribution in [0.25, 0.3) is 0 Å². The zero-order valence-corrected chi connectivity index (χ0v) is 12.2. The minimum absolute atomic E-state index is 0.241. The fourth-order valence-corrected chi connectivity index (χ4v) is 1.95. The van der Waals surface area contributed by atoms with Crippen LogP contribution in [0.15, 0.2) is 29.3 Å². The van der Waals surface area contributed by atoms with Gasteiger partial charge in [0.15, 0.2) is 0 Å². The first kappa shape index (κ1) is 14.8. The number of rotatable bonds is 8. The molecule has 5 heteroatoms. The second-order valence-corrected chi connectivity index (χ2v) is 4.73. The second kappa shape index (κ2) is 7.87. The number of hydrogen-bond donors (Lipinski definition) is 2. The minimum atomic E-state index is -0.241. The van der Waals surface area contributed by atoms with E-state index in [1.807, 2.05) is 38.2 Å². The van der Waals surface area contributed by atoms with E-state index in [2.05, 4.69) is 15.8 Å². The highest BCUT2D eigenvalue weighted by Gasteiger charge is 2.18. The molecule has 20 heavy (non-hydrogen) atoms. The van der Waals surface area contributed by atoms with E-state index in [4.69, 9.17) is 9.57 Å². The van der Waals surface area contributed by atoms with Gasteiger partial charge in [-0.3, -0.25) is 5.48 Å². The number of hydroxylamine groups is 1. The maximum Gasteiger partial charge on any atom is 0.202 e. The molecule has 0 amide bonds. The molecule has 5 nitrogen and oxygen atoms in total. The number of nitrogens with zero attached hydrogens (tertiary/aromatic N) is 1. The van der Waals surface area contributed by atoms with Crippen molar-refractivity contribution in [1.29, 1.82) is 0 Å². The highest BCUT2D eigenvalue weighted by Crippen LogP contribution is 2.24. The van der Waals surface area contributed by atoms with Gasteiger partial charge in [0.25, 0.3) is 0 Å². The van der Waals surface area contributed by atoms with Crippen LogP contribution in [0.3, 0.4) is 0 Å². The molecule has 1 aromatic rings. The van der Waals surface area contributed by atoms with Crippen LogP contribution in [0.2, 0.25) is 0 Å². The molecule has 0 aromatic heterocycles. The molecule has 1 aliphatic rings. The summed E-state index contributed by atoms with van der Waals surface area (Å²) in [5, 5.41) is 3.13. The Labute approximate surface area is 120 Å². The fraction of sp³-hybridized carbons (Fsp3) is 0.533. The molecular weight excluding hydrogens is 254 g/mol. The van der Waals surface area contributed by atoms with Crippen molar-refractivity contribution in [2.24, 2.45) is 4.99 Å². The van der Waals surface area contributed by atoms with Crippen LogP contribution in [0.5, 0.6) is 5.75 Å². The predicted octanol–water partition coefficient (Wildman–Crippen LogP) is 2.41. The third-order valence-corrected chi connectivity index (χ3v) is 3.15. The monoisotopic (exact) mass is 277 g/mol. The smallest absolute Gasteiger partial charge is 0.202 e. The van der Waals surface area contributed by atoms with E-state index in [0.29, 0.717) is 0 Å². The van der Waals surface area contributed by atoms with Crippen LogP contribution >= 0.6 is 0 Å². The van der Waals surface area contributed by atoms with Crippen molar-refractivity contribution in [2.75, 3.05) is 20.2 Å². The Kier molecular flexibility index (Phi) is 5.83. The summed E-state index contributed by atoms with van der Waals surface area (Å²) in [5.41, 5.74) is 3.87. The minimum Gasteiger partial charge on any atom is -0.494 e. The van der Waals surface area contributed by atoms with E-state index in [1.54, 1.807) is 0 Å². The Morgan fingerprint density at radius 2 is 2.10 bits per heavy atom. The zero-order chi connectivity index (χ0) is 14.2. The second-order valence-electron chi connectivity index (χ2n) is 4.73. The van der Waals surface area contributed by atoms with Gasteiger partial charge < -0.3 is 10.1 Å². The van der Waals surface area contributed by atoms with Gasteiger partial charge in [0.2, 0.25) is 6.23 Å². The number of amidine groups is 1. The summed E-state index contributed by atoms with van der Waals surface area (Å²) in [4.78, 5) is 9.84. The summed E-state index contributed by atoms with van der Waals surface area (Å²) in [6, 6.07) is 7.93. The Morgan fingerprint density at radius 3 is 2.75 bits per heavy atom. The van der Waals surface area contributed by atoms with Crippen molar-refractivity contribution < 1.29 is 9.57 Å². The van der Waals surface area contributed by atoms with E-state index in [9.17, 15) is 0 Å². The van der Waals surface area contributed by atoms with Gasteiger partial charge in [-0.2, -0.15) is 0 Å². The first-order valence-electron chi connectivity index (χ1n) is 7.19. The number of aliphatic imine (C=N–C) groups is 1. The molecule has 0 saturated carbocycles. The number of hydrogen-bond acceptors (Lipinski definition) is 5. The van der Waals surface area contributed by atoms with Gasteiger partial charge in [0, 0.05) is 12.0 Å². The van der Waals surface area contributed by atoms with E-state index >= 15 is 0 Å². The largest absolute Gasteiger partial charge is 0.494 e. The zero-order valence-electron chi connectivity index (χ0n) is 12.2. The SMILES string of the molecule is CCC1=NC(c2ccc(OCCCCNC)cc2)ON1. The lowest BCUT2D eigenvalue weighted by Gasteiger charge is -2.09. The fourth-order valence-electron chi connectivity index (χ4n) is 1.95. The van der Waals surface area contributed by atoms with E-state index < -0.39 is 0 Å². The van der Waals surface area contributed by atoms with Crippen LogP contribution in [0, 0.1) is 0 Å². The molecule has 2 N–H and O–H groups in total. The van der Waals surface area contributed by atoms with Gasteiger partial charge in [0.05, 0.1) is 6.61 Å². The van der Waals surface area contributed by atoms with Crippen LogP contribution in [0.4, 0.5) is 0 Å². The summed E-state index contributed by atoms with van der Waals surface area (Å²) in [5.74, 6) is 1.78. The quantitative estimate of drug-likeness (QED) is 0.716. The van der Waals surface area contributed by atoms with Crippen molar-refractivity contribution >= 4 is 5.84 Å². The van der Waals surface area contributed by atoms with Gasteiger partial charge >= 0.3 is 0 Å². The molecule has 1 atom stereocenters. The predicted molar refractivity (Wildman–Crippen MR) is 79.8 cm³/mol. The molecule has 1 unspecified atom stereocenters. The number of nitrogens with one attached hydrogen (secondary N) is 2. The summed E-state index contributed by atoms with van der Waals surface area (Å²) < 4.78 is 5.69. The third kappa shape index (κ3) is 4.21. The number of benzene rings is 1. The highest BCUT2D eigenvalue weighted by molar-refractivity contribution is 5.82. The van der Waals surface area contributed by atoms with E-state index in [1.165, 1.54) is 0 Å². The molecule has 0 radical (unpaired) electrons. The summed E-state index contributed by atoms with van der Waals surface area (Å²) in [6.45, 7) is 3.83. The first-order valence-corrected chi connectivity index (χ1v) is 7.19. The maximum absolute atomic E-state index is 5.69. The Bertz CT molecular complexity index is 431. The van der Waals surface area contributed by atoms with Crippen molar-refractivity contribution in [1.82, 2.24) is 10.8 Å². The third-order valence-electron chi connectivity index (χ3n) is 3.15. The lowest BCUT2D eigenvalue weighted by atomic mass is 10.2. The molecule has 0 bridgehead atoms. The normalized spacial score (nSPS) is 17.7. The summed E-state index contributed by atoms with van der Waals surface area (Å²) >= 11 is 0. The molecule has 1 aliphatic heterocycles. The molecule has 110 valence electrons. The van der Waals surface area contributed by atoms with Crippen LogP contribution in [-0.4, -0.2) is 26.0 Å². The molecule has 0 spiro atoms.